The van der Waals surface area contributed by atoms with Crippen LogP contribution in [0.2, 0.25) is 0 Å². The molecule has 0 saturated heterocycles. The molecular weight excluding hydrogens is 405 g/mol. The Morgan fingerprint density at radius 1 is 1.11 bits per heavy atom. The first-order valence-electron chi connectivity index (χ1n) is 4.23. The lowest BCUT2D eigenvalue weighted by Crippen LogP contribution is -2.20. The first-order valence-corrected chi connectivity index (χ1v) is 5.31. The Labute approximate surface area is 113 Å². The summed E-state index contributed by atoms with van der Waals surface area (Å²) in [6.45, 7) is 0. The number of hydrogen-bond donors (Lipinski definition) is 0. The van der Waals surface area contributed by atoms with Crippen molar-refractivity contribution < 1.29 is 39.9 Å². The second kappa shape index (κ2) is 5.25. The van der Waals surface area contributed by atoms with Crippen LogP contribution in [0.5, 0.6) is 5.75 Å². The van der Waals surface area contributed by atoms with Gasteiger partial charge in [0.15, 0.2) is 5.75 Å². The molecule has 1 aromatic heterocycles. The van der Waals surface area contributed by atoms with E-state index in [4.69, 9.17) is 0 Å². The third kappa shape index (κ3) is 4.31. The summed E-state index contributed by atoms with van der Waals surface area (Å²) in [6.07, 6.45) is -13.9. The molecule has 0 fully saturated rings. The average molecular weight is 407 g/mol. The van der Waals surface area contributed by atoms with E-state index in [0.29, 0.717) is 0 Å². The van der Waals surface area contributed by atoms with E-state index in [1.54, 1.807) is 0 Å². The molecule has 108 valence electrons. The molecular formula is C8H2F8INO. The minimum atomic E-state index is -5.31. The van der Waals surface area contributed by atoms with Crippen molar-refractivity contribution in [1.82, 2.24) is 4.98 Å². The van der Waals surface area contributed by atoms with Crippen molar-refractivity contribution in [3.63, 3.8) is 0 Å². The fourth-order valence-corrected chi connectivity index (χ4v) is 1.73. The van der Waals surface area contributed by atoms with Crippen molar-refractivity contribution in [2.24, 2.45) is 0 Å². The van der Waals surface area contributed by atoms with E-state index in [9.17, 15) is 35.1 Å². The number of rotatable bonds is 2. The molecule has 19 heavy (non-hydrogen) atoms. The Morgan fingerprint density at radius 2 is 1.63 bits per heavy atom. The summed E-state index contributed by atoms with van der Waals surface area (Å²) in [5.74, 6) is -1.43. The normalized spacial score (nSPS) is 12.9. The molecule has 11 heteroatoms. The van der Waals surface area contributed by atoms with Gasteiger partial charge in [-0.2, -0.15) is 13.2 Å². The van der Waals surface area contributed by atoms with Gasteiger partial charge in [-0.05, 0) is 28.7 Å². The first-order chi connectivity index (χ1) is 8.42. The molecule has 1 rings (SSSR count). The van der Waals surface area contributed by atoms with E-state index < -0.39 is 39.7 Å². The van der Waals surface area contributed by atoms with Crippen molar-refractivity contribution in [3.05, 3.63) is 21.0 Å². The summed E-state index contributed by atoms with van der Waals surface area (Å²) in [6, 6.07) is -0.173. The zero-order valence-corrected chi connectivity index (χ0v) is 10.6. The van der Waals surface area contributed by atoms with Gasteiger partial charge >= 0.3 is 12.5 Å². The minimum absolute atomic E-state index is 0.173. The molecule has 2 nitrogen and oxygen atoms in total. The largest absolute Gasteiger partial charge is 0.573 e. The van der Waals surface area contributed by atoms with Crippen LogP contribution < -0.4 is 4.74 Å². The number of pyridine rings is 1. The molecule has 0 aromatic carbocycles. The van der Waals surface area contributed by atoms with Crippen molar-refractivity contribution in [3.8, 4) is 5.75 Å². The lowest BCUT2D eigenvalue weighted by Gasteiger charge is -2.16. The average Bonchev–Trinajstić information content (AvgIpc) is 2.16. The van der Waals surface area contributed by atoms with Gasteiger partial charge in [0.05, 0.1) is 5.56 Å². The molecule has 0 amide bonds. The van der Waals surface area contributed by atoms with E-state index >= 15 is 0 Å². The van der Waals surface area contributed by atoms with Crippen molar-refractivity contribution >= 4 is 22.6 Å². The van der Waals surface area contributed by atoms with E-state index in [1.165, 1.54) is 0 Å². The van der Waals surface area contributed by atoms with Gasteiger partial charge in [0.2, 0.25) is 0 Å². The van der Waals surface area contributed by atoms with E-state index in [1.807, 2.05) is 0 Å². The Bertz CT molecular complexity index is 469. The highest BCUT2D eigenvalue weighted by Crippen LogP contribution is 2.39. The Balaban J connectivity index is 3.40. The van der Waals surface area contributed by atoms with Crippen LogP contribution in [0.15, 0.2) is 6.07 Å². The van der Waals surface area contributed by atoms with Gasteiger partial charge in [-0.1, -0.05) is 0 Å². The van der Waals surface area contributed by atoms with E-state index in [0.717, 1.165) is 22.6 Å². The number of nitrogens with zero attached hydrogens (tertiary/aromatic N) is 1. The highest BCUT2D eigenvalue weighted by Gasteiger charge is 2.39. The SMILES string of the molecule is FC(F)c1cc(C(F)(F)F)nc(I)c1OC(F)(F)F. The molecule has 0 aliphatic heterocycles. The molecule has 0 aliphatic carbocycles. The fraction of sp³-hybridized carbons (Fsp3) is 0.375. The van der Waals surface area contributed by atoms with Crippen LogP contribution >= 0.6 is 22.6 Å². The molecule has 1 heterocycles. The molecule has 0 N–H and O–H groups in total. The van der Waals surface area contributed by atoms with Crippen molar-refractivity contribution in [1.29, 1.82) is 0 Å². The van der Waals surface area contributed by atoms with Crippen LogP contribution in [0.3, 0.4) is 0 Å². The lowest BCUT2D eigenvalue weighted by atomic mass is 10.2. The van der Waals surface area contributed by atoms with Crippen molar-refractivity contribution in [2.45, 2.75) is 19.0 Å². The molecule has 0 atom stereocenters. The van der Waals surface area contributed by atoms with E-state index in [-0.39, 0.29) is 6.07 Å². The van der Waals surface area contributed by atoms with Gasteiger partial charge in [0.25, 0.3) is 6.43 Å². The van der Waals surface area contributed by atoms with Crippen molar-refractivity contribution in [2.75, 3.05) is 0 Å². The van der Waals surface area contributed by atoms with Crippen LogP contribution in [0.1, 0.15) is 17.7 Å². The summed E-state index contributed by atoms with van der Waals surface area (Å²) in [5, 5.41) is 0. The first kappa shape index (κ1) is 16.2. The highest BCUT2D eigenvalue weighted by molar-refractivity contribution is 14.1. The third-order valence-electron chi connectivity index (χ3n) is 1.70. The maximum atomic E-state index is 12.5. The molecule has 0 radical (unpaired) electrons. The quantitative estimate of drug-likeness (QED) is 0.408. The molecule has 0 bridgehead atoms. The molecule has 0 saturated carbocycles. The number of aromatic nitrogens is 1. The second-order valence-electron chi connectivity index (χ2n) is 3.06. The number of ether oxygens (including phenoxy) is 1. The zero-order chi connectivity index (χ0) is 15.0. The molecule has 0 unspecified atom stereocenters. The maximum Gasteiger partial charge on any atom is 0.573 e. The molecule has 0 spiro atoms. The highest BCUT2D eigenvalue weighted by atomic mass is 127. The molecule has 0 aliphatic rings. The summed E-state index contributed by atoms with van der Waals surface area (Å²) >= 11 is 0.956. The van der Waals surface area contributed by atoms with Crippen LogP contribution in [0.4, 0.5) is 35.1 Å². The summed E-state index contributed by atoms with van der Waals surface area (Å²) < 4.78 is 100. The smallest absolute Gasteiger partial charge is 0.402 e. The summed E-state index contributed by atoms with van der Waals surface area (Å²) in [7, 11) is 0. The van der Waals surface area contributed by atoms with Crippen LogP contribution in [-0.2, 0) is 6.18 Å². The standard InChI is InChI=1S/C8H2F8INO/c9-5(10)2-1-3(7(11,12)13)18-6(17)4(2)19-8(14,15)16/h1,5H. The van der Waals surface area contributed by atoms with Gasteiger partial charge in [0.1, 0.15) is 9.39 Å². The Hall–Kier alpha value is -0.880. The van der Waals surface area contributed by atoms with Crippen LogP contribution in [0, 0.1) is 3.70 Å². The van der Waals surface area contributed by atoms with Crippen LogP contribution in [0.25, 0.3) is 0 Å². The predicted molar refractivity (Wildman–Crippen MR) is 53.6 cm³/mol. The lowest BCUT2D eigenvalue weighted by molar-refractivity contribution is -0.275. The van der Waals surface area contributed by atoms with Gasteiger partial charge < -0.3 is 4.74 Å². The minimum Gasteiger partial charge on any atom is -0.402 e. The Kier molecular flexibility index (Phi) is 4.47. The molecule has 1 aromatic rings. The predicted octanol–water partition coefficient (Wildman–Crippen LogP) is 4.54. The summed E-state index contributed by atoms with van der Waals surface area (Å²) in [4.78, 5) is 2.77. The second-order valence-corrected chi connectivity index (χ2v) is 4.08. The van der Waals surface area contributed by atoms with Gasteiger partial charge in [-0.15, -0.1) is 13.2 Å². The fourth-order valence-electron chi connectivity index (χ4n) is 1.04. The third-order valence-corrected chi connectivity index (χ3v) is 2.43. The number of alkyl halides is 8. The van der Waals surface area contributed by atoms with Crippen LogP contribution in [-0.4, -0.2) is 11.3 Å². The van der Waals surface area contributed by atoms with Gasteiger partial charge in [0, 0.05) is 0 Å². The van der Waals surface area contributed by atoms with E-state index in [2.05, 4.69) is 9.72 Å². The Morgan fingerprint density at radius 3 is 2.00 bits per heavy atom. The maximum absolute atomic E-state index is 12.5. The van der Waals surface area contributed by atoms with Gasteiger partial charge in [-0.25, -0.2) is 13.8 Å². The monoisotopic (exact) mass is 407 g/mol. The van der Waals surface area contributed by atoms with Gasteiger partial charge in [-0.3, -0.25) is 0 Å². The number of halogens is 9. The topological polar surface area (TPSA) is 22.1 Å². The number of hydrogen-bond acceptors (Lipinski definition) is 2. The zero-order valence-electron chi connectivity index (χ0n) is 8.41. The summed E-state index contributed by atoms with van der Waals surface area (Å²) in [5.41, 5.74) is -3.24.